The average molecular weight is 601 g/mol. The summed E-state index contributed by atoms with van der Waals surface area (Å²) in [6.45, 7) is 6.69. The number of carbonyl (C=O) groups is 3. The number of hydrogen-bond donors (Lipinski definition) is 2. The first-order valence-electron chi connectivity index (χ1n) is 14.3. The van der Waals surface area contributed by atoms with E-state index < -0.39 is 23.6 Å². The SMILES string of the molecule is CC(C)(C)c1ccc(-c2ccc(C(Cc3ccc(C(=O)NCCC=O)cc3)C(=O)Nc3cccc(C(F)(F)F)c3)cc2)cc1. The maximum atomic E-state index is 13.6. The predicted octanol–water partition coefficient (Wildman–Crippen LogP) is 7.95. The normalized spacial score (nSPS) is 12.3. The van der Waals surface area contributed by atoms with Crippen LogP contribution in [-0.2, 0) is 27.6 Å². The minimum Gasteiger partial charge on any atom is -0.352 e. The number of anilines is 1. The number of halogens is 3. The van der Waals surface area contributed by atoms with Crippen LogP contribution in [-0.4, -0.2) is 24.6 Å². The third-order valence-corrected chi connectivity index (χ3v) is 7.37. The number of aldehydes is 1. The Labute approximate surface area is 255 Å². The fraction of sp³-hybridized carbons (Fsp3) is 0.250. The molecule has 0 aromatic heterocycles. The molecule has 0 spiro atoms. The molecular weight excluding hydrogens is 565 g/mol. The van der Waals surface area contributed by atoms with Crippen LogP contribution in [0.15, 0.2) is 97.1 Å². The molecule has 0 radical (unpaired) electrons. The zero-order chi connectivity index (χ0) is 31.9. The average Bonchev–Trinajstić information content (AvgIpc) is 2.99. The standard InChI is InChI=1S/C36H35F3N2O3/c1-35(2,3)29-18-16-26(17-19-29)25-12-14-27(15-13-25)32(34(44)41-31-7-4-6-30(23-31)36(37,38)39)22-24-8-10-28(11-9-24)33(43)40-20-5-21-42/h4,6-19,21,23,32H,5,20,22H2,1-3H3,(H,40,43)(H,41,44). The van der Waals surface area contributed by atoms with Crippen molar-refractivity contribution >= 4 is 23.8 Å². The van der Waals surface area contributed by atoms with Crippen LogP contribution in [0.1, 0.15) is 65.7 Å². The maximum Gasteiger partial charge on any atom is 0.416 e. The van der Waals surface area contributed by atoms with Gasteiger partial charge in [-0.15, -0.1) is 0 Å². The van der Waals surface area contributed by atoms with E-state index in [0.29, 0.717) is 11.1 Å². The number of nitrogens with one attached hydrogen (secondary N) is 2. The van der Waals surface area contributed by atoms with Gasteiger partial charge in [0, 0.05) is 24.2 Å². The Morgan fingerprint density at radius 2 is 1.41 bits per heavy atom. The van der Waals surface area contributed by atoms with E-state index in [4.69, 9.17) is 0 Å². The van der Waals surface area contributed by atoms with Gasteiger partial charge in [0.1, 0.15) is 6.29 Å². The highest BCUT2D eigenvalue weighted by Gasteiger charge is 2.31. The van der Waals surface area contributed by atoms with Crippen molar-refractivity contribution in [3.8, 4) is 11.1 Å². The summed E-state index contributed by atoms with van der Waals surface area (Å²) in [6, 6.07) is 27.2. The molecule has 4 aromatic rings. The molecular formula is C36H35F3N2O3. The Balaban J connectivity index is 1.59. The Morgan fingerprint density at radius 1 is 0.795 bits per heavy atom. The molecule has 4 rings (SSSR count). The largest absolute Gasteiger partial charge is 0.416 e. The quantitative estimate of drug-likeness (QED) is 0.143. The lowest BCUT2D eigenvalue weighted by Gasteiger charge is -2.20. The zero-order valence-electron chi connectivity index (χ0n) is 24.9. The number of hydrogen-bond acceptors (Lipinski definition) is 3. The van der Waals surface area contributed by atoms with Crippen LogP contribution in [0, 0.1) is 0 Å². The molecule has 228 valence electrons. The number of amides is 2. The highest BCUT2D eigenvalue weighted by molar-refractivity contribution is 5.96. The molecule has 1 unspecified atom stereocenters. The van der Waals surface area contributed by atoms with Gasteiger partial charge in [0.05, 0.1) is 11.5 Å². The Hall–Kier alpha value is -4.72. The monoisotopic (exact) mass is 600 g/mol. The summed E-state index contributed by atoms with van der Waals surface area (Å²) in [7, 11) is 0. The van der Waals surface area contributed by atoms with Gasteiger partial charge in [0.15, 0.2) is 0 Å². The highest BCUT2D eigenvalue weighted by Crippen LogP contribution is 2.32. The van der Waals surface area contributed by atoms with Gasteiger partial charge in [-0.05, 0) is 70.0 Å². The van der Waals surface area contributed by atoms with E-state index in [1.165, 1.54) is 17.7 Å². The van der Waals surface area contributed by atoms with E-state index in [2.05, 4.69) is 55.7 Å². The van der Waals surface area contributed by atoms with Crippen molar-refractivity contribution in [3.05, 3.63) is 125 Å². The molecule has 0 saturated heterocycles. The van der Waals surface area contributed by atoms with Gasteiger partial charge in [-0.2, -0.15) is 13.2 Å². The smallest absolute Gasteiger partial charge is 0.352 e. The second kappa shape index (κ2) is 13.7. The van der Waals surface area contributed by atoms with Crippen molar-refractivity contribution in [2.24, 2.45) is 0 Å². The van der Waals surface area contributed by atoms with Crippen molar-refractivity contribution in [3.63, 3.8) is 0 Å². The summed E-state index contributed by atoms with van der Waals surface area (Å²) < 4.78 is 39.9. The van der Waals surface area contributed by atoms with E-state index in [-0.39, 0.29) is 36.4 Å². The molecule has 0 aliphatic heterocycles. The third-order valence-electron chi connectivity index (χ3n) is 7.37. The lowest BCUT2D eigenvalue weighted by atomic mass is 9.86. The van der Waals surface area contributed by atoms with Crippen LogP contribution < -0.4 is 10.6 Å². The molecule has 0 aliphatic rings. The molecule has 44 heavy (non-hydrogen) atoms. The summed E-state index contributed by atoms with van der Waals surface area (Å²) in [5.74, 6) is -1.50. The summed E-state index contributed by atoms with van der Waals surface area (Å²) in [6.07, 6.45) is -3.35. The molecule has 1 atom stereocenters. The summed E-state index contributed by atoms with van der Waals surface area (Å²) in [5.41, 5.74) is 4.30. The molecule has 2 N–H and O–H groups in total. The highest BCUT2D eigenvalue weighted by atomic mass is 19.4. The Morgan fingerprint density at radius 3 is 1.98 bits per heavy atom. The van der Waals surface area contributed by atoms with E-state index in [9.17, 15) is 27.6 Å². The number of alkyl halides is 3. The first kappa shape index (κ1) is 32.2. The van der Waals surface area contributed by atoms with Crippen LogP contribution in [0.2, 0.25) is 0 Å². The number of rotatable bonds is 10. The molecule has 4 aromatic carbocycles. The summed E-state index contributed by atoms with van der Waals surface area (Å²) in [4.78, 5) is 36.5. The van der Waals surface area contributed by atoms with E-state index in [0.717, 1.165) is 35.1 Å². The van der Waals surface area contributed by atoms with Crippen molar-refractivity contribution < 1.29 is 27.6 Å². The van der Waals surface area contributed by atoms with Gasteiger partial charge in [-0.25, -0.2) is 0 Å². The van der Waals surface area contributed by atoms with Gasteiger partial charge in [0.2, 0.25) is 5.91 Å². The van der Waals surface area contributed by atoms with E-state index >= 15 is 0 Å². The second-order valence-corrected chi connectivity index (χ2v) is 11.7. The maximum absolute atomic E-state index is 13.6. The van der Waals surface area contributed by atoms with Gasteiger partial charge in [-0.1, -0.05) is 87.5 Å². The minimum atomic E-state index is -4.54. The zero-order valence-corrected chi connectivity index (χ0v) is 24.9. The third kappa shape index (κ3) is 8.43. The first-order chi connectivity index (χ1) is 20.8. The fourth-order valence-corrected chi connectivity index (χ4v) is 4.81. The number of carbonyl (C=O) groups excluding carboxylic acids is 3. The predicted molar refractivity (Wildman–Crippen MR) is 167 cm³/mol. The van der Waals surface area contributed by atoms with E-state index in [1.54, 1.807) is 24.3 Å². The topological polar surface area (TPSA) is 75.3 Å². The van der Waals surface area contributed by atoms with Crippen LogP contribution in [0.25, 0.3) is 11.1 Å². The molecule has 5 nitrogen and oxygen atoms in total. The Kier molecular flexibility index (Phi) is 10.0. The van der Waals surface area contributed by atoms with Crippen LogP contribution in [0.5, 0.6) is 0 Å². The van der Waals surface area contributed by atoms with Crippen molar-refractivity contribution in [2.45, 2.75) is 51.1 Å². The van der Waals surface area contributed by atoms with E-state index in [1.807, 2.05) is 24.3 Å². The number of benzene rings is 4. The van der Waals surface area contributed by atoms with Gasteiger partial charge < -0.3 is 15.4 Å². The fourth-order valence-electron chi connectivity index (χ4n) is 4.81. The summed E-state index contributed by atoms with van der Waals surface area (Å²) >= 11 is 0. The van der Waals surface area contributed by atoms with Crippen LogP contribution >= 0.6 is 0 Å². The molecule has 0 saturated carbocycles. The Bertz CT molecular complexity index is 1590. The van der Waals surface area contributed by atoms with Crippen molar-refractivity contribution in [1.82, 2.24) is 5.32 Å². The lowest BCUT2D eigenvalue weighted by molar-refractivity contribution is -0.137. The molecule has 0 heterocycles. The first-order valence-corrected chi connectivity index (χ1v) is 14.3. The second-order valence-electron chi connectivity index (χ2n) is 11.7. The molecule has 2 amide bonds. The molecule has 0 fully saturated rings. The molecule has 0 aliphatic carbocycles. The lowest BCUT2D eigenvalue weighted by Crippen LogP contribution is -2.25. The van der Waals surface area contributed by atoms with Crippen molar-refractivity contribution in [2.75, 3.05) is 11.9 Å². The van der Waals surface area contributed by atoms with Gasteiger partial charge in [-0.3, -0.25) is 9.59 Å². The molecule has 0 bridgehead atoms. The van der Waals surface area contributed by atoms with Crippen LogP contribution in [0.4, 0.5) is 18.9 Å². The van der Waals surface area contributed by atoms with Crippen molar-refractivity contribution in [1.29, 1.82) is 0 Å². The molecule has 8 heteroatoms. The minimum absolute atomic E-state index is 0.0287. The summed E-state index contributed by atoms with van der Waals surface area (Å²) in [5, 5.41) is 5.33. The van der Waals surface area contributed by atoms with Crippen LogP contribution in [0.3, 0.4) is 0 Å². The van der Waals surface area contributed by atoms with Gasteiger partial charge >= 0.3 is 6.18 Å². The van der Waals surface area contributed by atoms with Gasteiger partial charge in [0.25, 0.3) is 5.91 Å².